The number of primary sulfonamides is 1. The molecule has 6 nitrogen and oxygen atoms in total. The van der Waals surface area contributed by atoms with Crippen molar-refractivity contribution in [3.8, 4) is 5.75 Å². The van der Waals surface area contributed by atoms with Crippen molar-refractivity contribution in [1.29, 1.82) is 0 Å². The first-order chi connectivity index (χ1) is 8.98. The fourth-order valence-electron chi connectivity index (χ4n) is 1.23. The van der Waals surface area contributed by atoms with Crippen molar-refractivity contribution < 1.29 is 22.1 Å². The minimum Gasteiger partial charge on any atom is -0.495 e. The maximum atomic E-state index is 11.9. The van der Waals surface area contributed by atoms with Crippen molar-refractivity contribution in [3.63, 3.8) is 0 Å². The molecule has 0 unspecified atom stereocenters. The molecule has 0 radical (unpaired) electrons. The van der Waals surface area contributed by atoms with Crippen LogP contribution >= 0.6 is 0 Å². The van der Waals surface area contributed by atoms with Gasteiger partial charge in [0.25, 0.3) is 0 Å². The van der Waals surface area contributed by atoms with Crippen LogP contribution in [0.4, 0.5) is 0 Å². The summed E-state index contributed by atoms with van der Waals surface area (Å²) in [6.07, 6.45) is 0. The summed E-state index contributed by atoms with van der Waals surface area (Å²) in [5.74, 6) is -0.955. The number of sulfonamides is 1. The van der Waals surface area contributed by atoms with Crippen LogP contribution < -0.4 is 15.6 Å². The molecule has 1 rings (SSSR count). The Balaban J connectivity index is 3.33. The molecule has 0 heterocycles. The SMILES string of the molecule is [2H]C([2H])([2H])[C@H](N)C(=O)c1ccc(OC)c(S(N)(=O)=O)c1. The molecular weight excluding hydrogens is 244 g/mol. The number of ketones is 1. The van der Waals surface area contributed by atoms with Crippen molar-refractivity contribution in [1.82, 2.24) is 0 Å². The maximum Gasteiger partial charge on any atom is 0.241 e. The Labute approximate surface area is 104 Å². The van der Waals surface area contributed by atoms with E-state index in [0.717, 1.165) is 6.07 Å². The number of Topliss-reactive ketones (excluding diaryl/α,β-unsaturated/α-hetero) is 1. The molecule has 94 valence electrons. The molecule has 0 aliphatic heterocycles. The number of rotatable bonds is 4. The van der Waals surface area contributed by atoms with Crippen molar-refractivity contribution in [3.05, 3.63) is 23.8 Å². The Morgan fingerprint density at radius 3 is 2.65 bits per heavy atom. The van der Waals surface area contributed by atoms with E-state index in [9.17, 15) is 13.2 Å². The molecule has 1 atom stereocenters. The number of ether oxygens (including phenoxy) is 1. The quantitative estimate of drug-likeness (QED) is 0.733. The molecular formula is C10H14N2O4S. The van der Waals surface area contributed by atoms with Crippen molar-refractivity contribution >= 4 is 15.8 Å². The van der Waals surface area contributed by atoms with Crippen LogP contribution in [-0.4, -0.2) is 27.4 Å². The monoisotopic (exact) mass is 261 g/mol. The highest BCUT2D eigenvalue weighted by Gasteiger charge is 2.19. The zero-order valence-corrected chi connectivity index (χ0v) is 9.82. The van der Waals surface area contributed by atoms with Gasteiger partial charge in [-0.25, -0.2) is 13.6 Å². The van der Waals surface area contributed by atoms with E-state index in [-0.39, 0.29) is 11.3 Å². The van der Waals surface area contributed by atoms with E-state index in [1.807, 2.05) is 0 Å². The normalized spacial score (nSPS) is 16.5. The van der Waals surface area contributed by atoms with Crippen LogP contribution in [-0.2, 0) is 10.0 Å². The first kappa shape index (κ1) is 9.58. The van der Waals surface area contributed by atoms with E-state index < -0.39 is 33.6 Å². The Morgan fingerprint density at radius 2 is 2.18 bits per heavy atom. The third-order valence-electron chi connectivity index (χ3n) is 2.04. The molecule has 0 saturated heterocycles. The molecule has 4 N–H and O–H groups in total. The predicted molar refractivity (Wildman–Crippen MR) is 62.3 cm³/mol. The lowest BCUT2D eigenvalue weighted by Crippen LogP contribution is -2.27. The minimum atomic E-state index is -4.12. The summed E-state index contributed by atoms with van der Waals surface area (Å²) in [6, 6.07) is 1.63. The van der Waals surface area contributed by atoms with Gasteiger partial charge in [0.2, 0.25) is 10.0 Å². The summed E-state index contributed by atoms with van der Waals surface area (Å²) >= 11 is 0. The molecule has 7 heteroatoms. The van der Waals surface area contributed by atoms with E-state index in [2.05, 4.69) is 0 Å². The summed E-state index contributed by atoms with van der Waals surface area (Å²) in [5.41, 5.74) is 5.16. The van der Waals surface area contributed by atoms with E-state index in [0.29, 0.717) is 0 Å². The summed E-state index contributed by atoms with van der Waals surface area (Å²) in [6.45, 7) is -2.68. The fraction of sp³-hybridized carbons (Fsp3) is 0.300. The molecule has 0 saturated carbocycles. The van der Waals surface area contributed by atoms with Gasteiger partial charge >= 0.3 is 0 Å². The lowest BCUT2D eigenvalue weighted by molar-refractivity contribution is 0.0967. The molecule has 1 aromatic carbocycles. The van der Waals surface area contributed by atoms with Gasteiger partial charge in [-0.1, -0.05) is 0 Å². The first-order valence-electron chi connectivity index (χ1n) is 5.99. The molecule has 0 aromatic heterocycles. The third kappa shape index (κ3) is 3.02. The van der Waals surface area contributed by atoms with E-state index in [1.54, 1.807) is 0 Å². The highest BCUT2D eigenvalue weighted by atomic mass is 32.2. The van der Waals surface area contributed by atoms with Crippen LogP contribution in [0.15, 0.2) is 23.1 Å². The Hall–Kier alpha value is -1.44. The second-order valence-corrected chi connectivity index (χ2v) is 4.78. The van der Waals surface area contributed by atoms with Crippen LogP contribution in [0.2, 0.25) is 0 Å². The number of carbonyl (C=O) groups excluding carboxylic acids is 1. The molecule has 0 spiro atoms. The van der Waals surface area contributed by atoms with Crippen molar-refractivity contribution in [2.75, 3.05) is 7.11 Å². The van der Waals surface area contributed by atoms with E-state index in [4.69, 9.17) is 19.7 Å². The van der Waals surface area contributed by atoms with Gasteiger partial charge in [0, 0.05) is 9.68 Å². The molecule has 0 fully saturated rings. The molecule has 1 aromatic rings. The highest BCUT2D eigenvalue weighted by Crippen LogP contribution is 2.24. The number of hydrogen-bond acceptors (Lipinski definition) is 5. The van der Waals surface area contributed by atoms with Gasteiger partial charge in [-0.2, -0.15) is 0 Å². The Bertz CT molecular complexity index is 628. The van der Waals surface area contributed by atoms with Gasteiger partial charge in [0.05, 0.1) is 13.2 Å². The molecule has 0 bridgehead atoms. The summed E-state index contributed by atoms with van der Waals surface area (Å²) in [4.78, 5) is 11.5. The van der Waals surface area contributed by atoms with Gasteiger partial charge in [-0.05, 0) is 25.1 Å². The third-order valence-corrected chi connectivity index (χ3v) is 2.97. The molecule has 0 aliphatic rings. The lowest BCUT2D eigenvalue weighted by atomic mass is 10.1. The lowest BCUT2D eigenvalue weighted by Gasteiger charge is -2.09. The molecule has 0 amide bonds. The number of methoxy groups -OCH3 is 1. The second-order valence-electron chi connectivity index (χ2n) is 3.25. The van der Waals surface area contributed by atoms with Gasteiger partial charge in [-0.15, -0.1) is 0 Å². The first-order valence-corrected chi connectivity index (χ1v) is 6.03. The van der Waals surface area contributed by atoms with Crippen molar-refractivity contribution in [2.45, 2.75) is 17.8 Å². The number of carbonyl (C=O) groups is 1. The van der Waals surface area contributed by atoms with Crippen LogP contribution in [0.5, 0.6) is 5.75 Å². The molecule has 17 heavy (non-hydrogen) atoms. The minimum absolute atomic E-state index is 0.0495. The van der Waals surface area contributed by atoms with Gasteiger partial charge < -0.3 is 10.5 Å². The Kier molecular flexibility index (Phi) is 2.72. The fourth-order valence-corrected chi connectivity index (χ4v) is 1.95. The number of benzene rings is 1. The summed E-state index contributed by atoms with van der Waals surface area (Å²) < 4.78 is 48.9. The average molecular weight is 261 g/mol. The van der Waals surface area contributed by atoms with Gasteiger partial charge in [-0.3, -0.25) is 4.79 Å². The summed E-state index contributed by atoms with van der Waals surface area (Å²) in [5, 5.41) is 5.00. The van der Waals surface area contributed by atoms with Crippen LogP contribution in [0.3, 0.4) is 0 Å². The number of nitrogens with two attached hydrogens (primary N) is 2. The number of hydrogen-bond donors (Lipinski definition) is 2. The van der Waals surface area contributed by atoms with Gasteiger partial charge in [0.1, 0.15) is 10.6 Å². The average Bonchev–Trinajstić information content (AvgIpc) is 2.34. The van der Waals surface area contributed by atoms with Crippen LogP contribution in [0.25, 0.3) is 0 Å². The maximum absolute atomic E-state index is 11.9. The predicted octanol–water partition coefficient (Wildman–Crippen LogP) is -0.127. The molecule has 0 aliphatic carbocycles. The van der Waals surface area contributed by atoms with Crippen molar-refractivity contribution in [2.24, 2.45) is 10.9 Å². The van der Waals surface area contributed by atoms with Crippen LogP contribution in [0, 0.1) is 0 Å². The van der Waals surface area contributed by atoms with Crippen LogP contribution in [0.1, 0.15) is 21.3 Å². The topological polar surface area (TPSA) is 112 Å². The second kappa shape index (κ2) is 4.82. The van der Waals surface area contributed by atoms with Gasteiger partial charge in [0.15, 0.2) is 5.78 Å². The summed E-state index contributed by atoms with van der Waals surface area (Å²) in [7, 11) is -2.89. The zero-order valence-electron chi connectivity index (χ0n) is 12.0. The highest BCUT2D eigenvalue weighted by molar-refractivity contribution is 7.89. The largest absolute Gasteiger partial charge is 0.495 e. The smallest absolute Gasteiger partial charge is 0.241 e. The van der Waals surface area contributed by atoms with E-state index >= 15 is 0 Å². The zero-order chi connectivity index (χ0) is 15.7. The van der Waals surface area contributed by atoms with E-state index in [1.165, 1.54) is 19.2 Å². The Morgan fingerprint density at radius 1 is 1.53 bits per heavy atom. The standard InChI is InChI=1S/C10H14N2O4S/c1-6(11)10(13)7-3-4-8(16-2)9(5-7)17(12,14)15/h3-6H,11H2,1-2H3,(H2,12,14,15)/t6-/m0/s1/i1D3.